The summed E-state index contributed by atoms with van der Waals surface area (Å²) in [5.74, 6) is 0.480. The molecule has 1 amide bonds. The number of hydrogen-bond donors (Lipinski definition) is 1. The molecule has 1 aliphatic heterocycles. The third kappa shape index (κ3) is 6.37. The highest BCUT2D eigenvalue weighted by Crippen LogP contribution is 2.29. The number of ether oxygens (including phenoxy) is 2. The molecule has 0 aromatic heterocycles. The van der Waals surface area contributed by atoms with Gasteiger partial charge in [0.1, 0.15) is 6.07 Å². The van der Waals surface area contributed by atoms with Gasteiger partial charge in [0, 0.05) is 24.9 Å². The van der Waals surface area contributed by atoms with Crippen LogP contribution >= 0.6 is 0 Å². The number of nitrogens with zero attached hydrogens (tertiary/aromatic N) is 2. The van der Waals surface area contributed by atoms with Crippen molar-refractivity contribution in [1.29, 1.82) is 5.26 Å². The van der Waals surface area contributed by atoms with Gasteiger partial charge in [0.15, 0.2) is 18.1 Å². The van der Waals surface area contributed by atoms with Crippen molar-refractivity contribution in [2.24, 2.45) is 0 Å². The monoisotopic (exact) mass is 483 g/mol. The molecule has 1 aliphatic rings. The fourth-order valence-corrected chi connectivity index (χ4v) is 5.52. The molecule has 34 heavy (non-hydrogen) atoms. The number of carbonyl (C=O) groups is 1. The Kier molecular flexibility index (Phi) is 8.68. The van der Waals surface area contributed by atoms with E-state index in [0.29, 0.717) is 41.4 Å². The fraction of sp³-hybridized carbons (Fsp3) is 0.360. The first-order chi connectivity index (χ1) is 16.3. The molecule has 1 saturated heterocycles. The molecule has 9 heteroatoms. The second kappa shape index (κ2) is 11.7. The number of methoxy groups -OCH3 is 1. The summed E-state index contributed by atoms with van der Waals surface area (Å²) in [7, 11) is -2.14. The average molecular weight is 484 g/mol. The van der Waals surface area contributed by atoms with Crippen molar-refractivity contribution in [2.45, 2.75) is 37.5 Å². The Hall–Kier alpha value is -3.35. The van der Waals surface area contributed by atoms with Crippen molar-refractivity contribution < 1.29 is 22.7 Å². The Morgan fingerprint density at radius 3 is 2.53 bits per heavy atom. The largest absolute Gasteiger partial charge is 0.493 e. The Labute approximate surface area is 200 Å². The number of benzene rings is 2. The maximum absolute atomic E-state index is 13.2. The number of anilines is 1. The van der Waals surface area contributed by atoms with Crippen molar-refractivity contribution in [2.75, 3.05) is 32.1 Å². The molecule has 0 aliphatic carbocycles. The van der Waals surface area contributed by atoms with Gasteiger partial charge in [-0.25, -0.2) is 8.42 Å². The lowest BCUT2D eigenvalue weighted by atomic mass is 10.2. The van der Waals surface area contributed by atoms with Crippen molar-refractivity contribution in [3.63, 3.8) is 0 Å². The minimum Gasteiger partial charge on any atom is -0.493 e. The summed E-state index contributed by atoms with van der Waals surface area (Å²) in [5, 5.41) is 11.4. The summed E-state index contributed by atoms with van der Waals surface area (Å²) >= 11 is 0. The highest BCUT2D eigenvalue weighted by Gasteiger charge is 2.27. The van der Waals surface area contributed by atoms with Crippen molar-refractivity contribution in [3.05, 3.63) is 53.6 Å². The maximum Gasteiger partial charge on any atom is 0.248 e. The van der Waals surface area contributed by atoms with E-state index in [4.69, 9.17) is 14.7 Å². The van der Waals surface area contributed by atoms with Gasteiger partial charge in [-0.1, -0.05) is 25.0 Å². The standard InChI is InChI=1S/C25H29N3O5S/c1-19-7-10-21(18-24(19)34(30,31)28-14-5-3-4-6-15-28)27-25(29)12-9-20-8-11-22(33-16-13-26)23(17-20)32-2/h7-12,17-18H,3-6,14-16H2,1-2H3,(H,27,29)/b12-9+. The maximum atomic E-state index is 13.2. The first-order valence-electron chi connectivity index (χ1n) is 11.1. The Morgan fingerprint density at radius 1 is 1.12 bits per heavy atom. The third-order valence-electron chi connectivity index (χ3n) is 5.55. The van der Waals surface area contributed by atoms with E-state index >= 15 is 0 Å². The van der Waals surface area contributed by atoms with Gasteiger partial charge in [0.2, 0.25) is 15.9 Å². The van der Waals surface area contributed by atoms with Gasteiger partial charge in [-0.2, -0.15) is 9.57 Å². The first-order valence-corrected chi connectivity index (χ1v) is 12.6. The Bertz CT molecular complexity index is 1190. The lowest BCUT2D eigenvalue weighted by molar-refractivity contribution is -0.111. The summed E-state index contributed by atoms with van der Waals surface area (Å²) < 4.78 is 38.6. The molecular formula is C25H29N3O5S. The second-order valence-corrected chi connectivity index (χ2v) is 9.88. The van der Waals surface area contributed by atoms with Gasteiger partial charge < -0.3 is 14.8 Å². The first kappa shape index (κ1) is 25.3. The lowest BCUT2D eigenvalue weighted by Crippen LogP contribution is -2.32. The predicted octanol–water partition coefficient (Wildman–Crippen LogP) is 4.12. The van der Waals surface area contributed by atoms with E-state index < -0.39 is 15.9 Å². The Morgan fingerprint density at radius 2 is 1.85 bits per heavy atom. The second-order valence-electron chi connectivity index (χ2n) is 7.98. The number of nitriles is 1. The van der Waals surface area contributed by atoms with Crippen LogP contribution < -0.4 is 14.8 Å². The molecule has 0 unspecified atom stereocenters. The molecule has 0 saturated carbocycles. The van der Waals surface area contributed by atoms with E-state index in [-0.39, 0.29) is 11.5 Å². The summed E-state index contributed by atoms with van der Waals surface area (Å²) in [5.41, 5.74) is 1.75. The average Bonchev–Trinajstić information content (AvgIpc) is 3.13. The number of sulfonamides is 1. The van der Waals surface area contributed by atoms with Gasteiger partial charge in [-0.05, 0) is 61.2 Å². The highest BCUT2D eigenvalue weighted by atomic mass is 32.2. The molecule has 1 N–H and O–H groups in total. The molecule has 1 heterocycles. The number of aryl methyl sites for hydroxylation is 1. The smallest absolute Gasteiger partial charge is 0.248 e. The van der Waals surface area contributed by atoms with Crippen LogP contribution in [0.4, 0.5) is 5.69 Å². The summed E-state index contributed by atoms with van der Waals surface area (Å²) in [6, 6.07) is 11.9. The summed E-state index contributed by atoms with van der Waals surface area (Å²) in [6.07, 6.45) is 6.75. The predicted molar refractivity (Wildman–Crippen MR) is 130 cm³/mol. The number of rotatable bonds is 8. The van der Waals surface area contributed by atoms with E-state index in [1.165, 1.54) is 19.3 Å². The zero-order valence-electron chi connectivity index (χ0n) is 19.4. The van der Waals surface area contributed by atoms with E-state index in [1.807, 2.05) is 6.07 Å². The van der Waals surface area contributed by atoms with E-state index in [0.717, 1.165) is 25.7 Å². The minimum absolute atomic E-state index is 0.0973. The molecular weight excluding hydrogens is 454 g/mol. The van der Waals surface area contributed by atoms with Gasteiger partial charge >= 0.3 is 0 Å². The number of amides is 1. The molecule has 2 aromatic carbocycles. The highest BCUT2D eigenvalue weighted by molar-refractivity contribution is 7.89. The SMILES string of the molecule is COc1cc(/C=C/C(=O)Nc2ccc(C)c(S(=O)(=O)N3CCCCCC3)c2)ccc1OCC#N. The van der Waals surface area contributed by atoms with E-state index in [1.54, 1.807) is 47.6 Å². The van der Waals surface area contributed by atoms with Crippen LogP contribution in [0, 0.1) is 18.3 Å². The number of carbonyl (C=O) groups excluding carboxylic acids is 1. The molecule has 2 aromatic rings. The summed E-state index contributed by atoms with van der Waals surface area (Å²) in [6.45, 7) is 2.70. The van der Waals surface area contributed by atoms with Crippen LogP contribution in [0.15, 0.2) is 47.4 Å². The number of nitrogens with one attached hydrogen (secondary N) is 1. The van der Waals surface area contributed by atoms with Crippen LogP contribution in [0.3, 0.4) is 0 Å². The zero-order valence-corrected chi connectivity index (χ0v) is 20.2. The van der Waals surface area contributed by atoms with Crippen molar-refractivity contribution in [1.82, 2.24) is 4.31 Å². The van der Waals surface area contributed by atoms with Crippen LogP contribution in [-0.4, -0.2) is 45.4 Å². The van der Waals surface area contributed by atoms with E-state index in [2.05, 4.69) is 5.32 Å². The van der Waals surface area contributed by atoms with Gasteiger partial charge in [0.05, 0.1) is 12.0 Å². The molecule has 0 atom stereocenters. The Balaban J connectivity index is 1.73. The molecule has 0 bridgehead atoms. The van der Waals surface area contributed by atoms with Crippen LogP contribution in [0.25, 0.3) is 6.08 Å². The van der Waals surface area contributed by atoms with Gasteiger partial charge in [-0.15, -0.1) is 0 Å². The van der Waals surface area contributed by atoms with Gasteiger partial charge in [0.25, 0.3) is 0 Å². The minimum atomic E-state index is -3.63. The fourth-order valence-electron chi connectivity index (χ4n) is 3.75. The molecule has 3 rings (SSSR count). The van der Waals surface area contributed by atoms with Crippen molar-refractivity contribution >= 4 is 27.7 Å². The summed E-state index contributed by atoms with van der Waals surface area (Å²) in [4.78, 5) is 12.7. The van der Waals surface area contributed by atoms with E-state index in [9.17, 15) is 13.2 Å². The van der Waals surface area contributed by atoms with Crippen LogP contribution in [0.5, 0.6) is 11.5 Å². The van der Waals surface area contributed by atoms with Gasteiger partial charge in [-0.3, -0.25) is 4.79 Å². The van der Waals surface area contributed by atoms with Crippen LogP contribution in [-0.2, 0) is 14.8 Å². The zero-order chi connectivity index (χ0) is 24.6. The molecule has 1 fully saturated rings. The van der Waals surface area contributed by atoms with Crippen molar-refractivity contribution in [3.8, 4) is 17.6 Å². The third-order valence-corrected chi connectivity index (χ3v) is 7.59. The lowest BCUT2D eigenvalue weighted by Gasteiger charge is -2.21. The molecule has 8 nitrogen and oxygen atoms in total. The molecule has 180 valence electrons. The topological polar surface area (TPSA) is 109 Å². The molecule has 0 radical (unpaired) electrons. The van der Waals surface area contributed by atoms with Crippen LogP contribution in [0.1, 0.15) is 36.8 Å². The number of hydrogen-bond acceptors (Lipinski definition) is 6. The van der Waals surface area contributed by atoms with Crippen LogP contribution in [0.2, 0.25) is 0 Å². The normalized spacial score (nSPS) is 14.9. The quantitative estimate of drug-likeness (QED) is 0.566. The molecule has 0 spiro atoms.